The van der Waals surface area contributed by atoms with Crippen LogP contribution in [0.25, 0.3) is 0 Å². The Bertz CT molecular complexity index is 649. The number of quaternary nitrogens is 1. The maximum Gasteiger partial charge on any atom is 0.419 e. The Kier molecular flexibility index (Phi) is 8.37. The van der Waals surface area contributed by atoms with E-state index in [9.17, 15) is 18.0 Å². The number of hydrogen-bond donors (Lipinski definition) is 2. The molecule has 1 aromatic heterocycles. The highest BCUT2D eigenvalue weighted by Crippen LogP contribution is 2.31. The molecule has 0 unspecified atom stereocenters. The first kappa shape index (κ1) is 22.7. The van der Waals surface area contributed by atoms with Crippen molar-refractivity contribution in [3.63, 3.8) is 0 Å². The first-order valence-corrected chi connectivity index (χ1v) is 10.2. The number of aromatic amines is 1. The molecule has 28 heavy (non-hydrogen) atoms. The van der Waals surface area contributed by atoms with Gasteiger partial charge in [0.25, 0.3) is 11.7 Å². The summed E-state index contributed by atoms with van der Waals surface area (Å²) in [5.74, 6) is 0.536. The van der Waals surface area contributed by atoms with E-state index in [1.807, 2.05) is 11.8 Å². The number of hydrogen-bond acceptors (Lipinski definition) is 2. The molecule has 1 fully saturated rings. The summed E-state index contributed by atoms with van der Waals surface area (Å²) in [6, 6.07) is 1.13. The standard InChI is InChI=1S/C19H28ClF3N4O/c1-3-4-5-6-14(2)25-17(28)13-26-7-9-27(10-8-26)18-16(20)11-15(12-24-18)19(21,22)23/h11-12,14H,3-10,13H2,1-2H3,(H,25,28)/p+2/t14-/m1/s1. The summed E-state index contributed by atoms with van der Waals surface area (Å²) in [6.07, 6.45) is 0.960. The van der Waals surface area contributed by atoms with Crippen LogP contribution in [0.5, 0.6) is 0 Å². The van der Waals surface area contributed by atoms with Crippen LogP contribution in [0.2, 0.25) is 5.02 Å². The van der Waals surface area contributed by atoms with E-state index in [2.05, 4.69) is 17.2 Å². The molecule has 1 saturated heterocycles. The molecular weight excluding hydrogens is 393 g/mol. The van der Waals surface area contributed by atoms with Crippen molar-refractivity contribution in [2.45, 2.75) is 51.7 Å². The average molecular weight is 423 g/mol. The molecule has 5 nitrogen and oxygen atoms in total. The van der Waals surface area contributed by atoms with E-state index >= 15 is 0 Å². The van der Waals surface area contributed by atoms with Gasteiger partial charge < -0.3 is 10.2 Å². The number of nitrogens with one attached hydrogen (secondary N) is 3. The SMILES string of the molecule is CCCCC[C@@H](C)NC(=O)C[NH+]1CCN(c2[nH+]cc(C(F)(F)F)cc2Cl)CC1. The molecule has 158 valence electrons. The van der Waals surface area contributed by atoms with E-state index in [-0.39, 0.29) is 17.0 Å². The molecule has 1 aliphatic rings. The van der Waals surface area contributed by atoms with Crippen molar-refractivity contribution in [1.82, 2.24) is 5.32 Å². The number of carbonyl (C=O) groups excluding carboxylic acids is 1. The number of pyridine rings is 1. The van der Waals surface area contributed by atoms with Gasteiger partial charge in [-0.25, -0.2) is 9.88 Å². The van der Waals surface area contributed by atoms with Crippen LogP contribution in [0, 0.1) is 0 Å². The first-order valence-electron chi connectivity index (χ1n) is 9.87. The summed E-state index contributed by atoms with van der Waals surface area (Å²) in [5.41, 5.74) is -0.796. The number of anilines is 1. The van der Waals surface area contributed by atoms with Gasteiger partial charge in [0.05, 0.1) is 5.56 Å². The van der Waals surface area contributed by atoms with Gasteiger partial charge >= 0.3 is 6.18 Å². The second-order valence-electron chi connectivity index (χ2n) is 7.46. The van der Waals surface area contributed by atoms with Crippen molar-refractivity contribution < 1.29 is 27.8 Å². The fourth-order valence-electron chi connectivity index (χ4n) is 3.42. The Morgan fingerprint density at radius 1 is 1.36 bits per heavy atom. The second kappa shape index (κ2) is 10.3. The molecule has 9 heteroatoms. The smallest absolute Gasteiger partial charge is 0.349 e. The van der Waals surface area contributed by atoms with Crippen LogP contribution in [0.15, 0.2) is 12.3 Å². The van der Waals surface area contributed by atoms with Gasteiger partial charge in [0.15, 0.2) is 6.54 Å². The minimum Gasteiger partial charge on any atom is -0.349 e. The molecule has 1 aliphatic heterocycles. The Morgan fingerprint density at radius 3 is 2.61 bits per heavy atom. The number of aromatic nitrogens is 1. The van der Waals surface area contributed by atoms with Gasteiger partial charge in [-0.1, -0.05) is 37.8 Å². The van der Waals surface area contributed by atoms with E-state index in [4.69, 9.17) is 11.6 Å². The number of rotatable bonds is 8. The van der Waals surface area contributed by atoms with Crippen molar-refractivity contribution in [2.75, 3.05) is 37.6 Å². The van der Waals surface area contributed by atoms with Crippen LogP contribution in [0.3, 0.4) is 0 Å². The molecule has 0 saturated carbocycles. The lowest BCUT2D eigenvalue weighted by molar-refractivity contribution is -0.892. The third-order valence-corrected chi connectivity index (χ3v) is 5.33. The molecule has 1 atom stereocenters. The number of halogens is 4. The number of amides is 1. The predicted molar refractivity (Wildman–Crippen MR) is 103 cm³/mol. The molecule has 1 amide bonds. The third kappa shape index (κ3) is 6.81. The lowest BCUT2D eigenvalue weighted by Gasteiger charge is -2.28. The minimum atomic E-state index is -4.43. The van der Waals surface area contributed by atoms with Crippen molar-refractivity contribution in [2.24, 2.45) is 0 Å². The zero-order valence-corrected chi connectivity index (χ0v) is 17.2. The van der Waals surface area contributed by atoms with Gasteiger partial charge in [-0.05, 0) is 19.4 Å². The summed E-state index contributed by atoms with van der Waals surface area (Å²) in [6.45, 7) is 7.29. The predicted octanol–water partition coefficient (Wildman–Crippen LogP) is 1.96. The average Bonchev–Trinajstić information content (AvgIpc) is 2.62. The Morgan fingerprint density at radius 2 is 2.04 bits per heavy atom. The van der Waals surface area contributed by atoms with Crippen LogP contribution in [-0.4, -0.2) is 44.7 Å². The number of alkyl halides is 3. The molecule has 2 rings (SSSR count). The highest BCUT2D eigenvalue weighted by molar-refractivity contribution is 6.32. The monoisotopic (exact) mass is 422 g/mol. The molecule has 2 heterocycles. The Hall–Kier alpha value is -1.54. The van der Waals surface area contributed by atoms with E-state index in [1.165, 1.54) is 6.42 Å². The minimum absolute atomic E-state index is 0.0478. The van der Waals surface area contributed by atoms with Gasteiger partial charge in [0.1, 0.15) is 37.4 Å². The lowest BCUT2D eigenvalue weighted by Crippen LogP contribution is -3.16. The Labute approximate surface area is 169 Å². The zero-order chi connectivity index (χ0) is 20.7. The first-order chi connectivity index (χ1) is 13.2. The summed E-state index contributed by atoms with van der Waals surface area (Å²) in [5, 5.41) is 3.10. The number of nitrogens with zero attached hydrogens (tertiary/aromatic N) is 1. The van der Waals surface area contributed by atoms with Gasteiger partial charge in [0, 0.05) is 6.04 Å². The van der Waals surface area contributed by atoms with Crippen LogP contribution in [0.1, 0.15) is 45.1 Å². The van der Waals surface area contributed by atoms with Crippen LogP contribution >= 0.6 is 11.6 Å². The normalized spacial score (nSPS) is 16.9. The van der Waals surface area contributed by atoms with E-state index in [0.29, 0.717) is 25.5 Å². The number of unbranched alkanes of at least 4 members (excludes halogenated alkanes) is 2. The molecule has 1 aromatic rings. The van der Waals surface area contributed by atoms with Crippen molar-refractivity contribution in [1.29, 1.82) is 0 Å². The Balaban J connectivity index is 1.80. The summed E-state index contributed by atoms with van der Waals surface area (Å²) in [7, 11) is 0. The fourth-order valence-corrected chi connectivity index (χ4v) is 3.71. The fraction of sp³-hybridized carbons (Fsp3) is 0.684. The molecular formula is C19H30ClF3N4O+2. The van der Waals surface area contributed by atoms with Gasteiger partial charge in [-0.3, -0.25) is 4.79 Å². The maximum absolute atomic E-state index is 12.8. The molecule has 0 aromatic carbocycles. The highest BCUT2D eigenvalue weighted by Gasteiger charge is 2.35. The molecule has 0 bridgehead atoms. The maximum atomic E-state index is 12.8. The summed E-state index contributed by atoms with van der Waals surface area (Å²) < 4.78 is 38.3. The largest absolute Gasteiger partial charge is 0.419 e. The van der Waals surface area contributed by atoms with E-state index < -0.39 is 11.7 Å². The topological polar surface area (TPSA) is 50.9 Å². The van der Waals surface area contributed by atoms with E-state index in [0.717, 1.165) is 49.5 Å². The number of carbonyl (C=O) groups is 1. The zero-order valence-electron chi connectivity index (χ0n) is 16.5. The highest BCUT2D eigenvalue weighted by atomic mass is 35.5. The van der Waals surface area contributed by atoms with Crippen molar-refractivity contribution in [3.8, 4) is 0 Å². The quantitative estimate of drug-likeness (QED) is 0.629. The van der Waals surface area contributed by atoms with Gasteiger partial charge in [-0.2, -0.15) is 13.2 Å². The summed E-state index contributed by atoms with van der Waals surface area (Å²) >= 11 is 6.06. The van der Waals surface area contributed by atoms with Gasteiger partial charge in [0.2, 0.25) is 0 Å². The lowest BCUT2D eigenvalue weighted by atomic mass is 10.1. The van der Waals surface area contributed by atoms with Crippen LogP contribution < -0.4 is 20.1 Å². The van der Waals surface area contributed by atoms with Gasteiger partial charge in [-0.15, -0.1) is 0 Å². The number of piperazine rings is 1. The third-order valence-electron chi connectivity index (χ3n) is 5.05. The molecule has 0 spiro atoms. The molecule has 0 aliphatic carbocycles. The molecule has 3 N–H and O–H groups in total. The second-order valence-corrected chi connectivity index (χ2v) is 7.87. The molecule has 0 radical (unpaired) electrons. The van der Waals surface area contributed by atoms with Crippen LogP contribution in [0.4, 0.5) is 19.0 Å². The van der Waals surface area contributed by atoms with E-state index in [1.54, 1.807) is 0 Å². The van der Waals surface area contributed by atoms with Crippen molar-refractivity contribution >= 4 is 23.3 Å². The summed E-state index contributed by atoms with van der Waals surface area (Å²) in [4.78, 5) is 18.0. The van der Waals surface area contributed by atoms with Crippen LogP contribution in [-0.2, 0) is 11.0 Å². The van der Waals surface area contributed by atoms with Crippen molar-refractivity contribution in [3.05, 3.63) is 22.8 Å². The number of H-pyrrole nitrogens is 1.